The van der Waals surface area contributed by atoms with E-state index < -0.39 is 0 Å². The van der Waals surface area contributed by atoms with Gasteiger partial charge in [0.1, 0.15) is 0 Å². The lowest BCUT2D eigenvalue weighted by Gasteiger charge is -2.12. The zero-order valence-electron chi connectivity index (χ0n) is 11.9. The average molecular weight is 274 g/mol. The molecule has 20 heavy (non-hydrogen) atoms. The molecule has 1 fully saturated rings. The molecule has 108 valence electrons. The van der Waals surface area contributed by atoms with E-state index in [9.17, 15) is 9.59 Å². The summed E-state index contributed by atoms with van der Waals surface area (Å²) >= 11 is 0. The van der Waals surface area contributed by atoms with E-state index in [0.717, 1.165) is 18.4 Å². The molecular weight excluding hydrogens is 252 g/mol. The van der Waals surface area contributed by atoms with Crippen molar-refractivity contribution in [1.82, 2.24) is 10.6 Å². The van der Waals surface area contributed by atoms with E-state index in [-0.39, 0.29) is 11.8 Å². The quantitative estimate of drug-likeness (QED) is 0.864. The van der Waals surface area contributed by atoms with Gasteiger partial charge in [-0.2, -0.15) is 0 Å². The molecule has 0 unspecified atom stereocenters. The summed E-state index contributed by atoms with van der Waals surface area (Å²) in [4.78, 5) is 23.7. The Morgan fingerprint density at radius 1 is 1.20 bits per heavy atom. The SMILES string of the molecule is Cc1ccccc1C(=O)NCCC(=O)NC1CCCC1. The highest BCUT2D eigenvalue weighted by Gasteiger charge is 2.17. The van der Waals surface area contributed by atoms with Crippen molar-refractivity contribution in [3.05, 3.63) is 35.4 Å². The van der Waals surface area contributed by atoms with E-state index in [1.165, 1.54) is 12.8 Å². The molecule has 2 N–H and O–H groups in total. The van der Waals surface area contributed by atoms with Gasteiger partial charge in [0, 0.05) is 24.6 Å². The molecule has 0 bridgehead atoms. The van der Waals surface area contributed by atoms with Gasteiger partial charge in [-0.1, -0.05) is 31.0 Å². The summed E-state index contributed by atoms with van der Waals surface area (Å²) in [5.74, 6) is -0.0845. The first kappa shape index (κ1) is 14.6. The molecule has 1 saturated carbocycles. The predicted molar refractivity (Wildman–Crippen MR) is 78.5 cm³/mol. The Morgan fingerprint density at radius 3 is 2.60 bits per heavy atom. The van der Waals surface area contributed by atoms with Crippen LogP contribution in [0.3, 0.4) is 0 Å². The smallest absolute Gasteiger partial charge is 0.251 e. The lowest BCUT2D eigenvalue weighted by atomic mass is 10.1. The average Bonchev–Trinajstić information content (AvgIpc) is 2.92. The summed E-state index contributed by atoms with van der Waals surface area (Å²) in [6, 6.07) is 7.79. The van der Waals surface area contributed by atoms with Crippen molar-refractivity contribution < 1.29 is 9.59 Å². The first-order valence-electron chi connectivity index (χ1n) is 7.30. The first-order chi connectivity index (χ1) is 9.66. The minimum Gasteiger partial charge on any atom is -0.353 e. The number of amides is 2. The van der Waals surface area contributed by atoms with Gasteiger partial charge in [0.05, 0.1) is 0 Å². The van der Waals surface area contributed by atoms with Crippen LogP contribution in [0.2, 0.25) is 0 Å². The van der Waals surface area contributed by atoms with Gasteiger partial charge >= 0.3 is 0 Å². The van der Waals surface area contributed by atoms with Gasteiger partial charge in [-0.25, -0.2) is 0 Å². The highest BCUT2D eigenvalue weighted by molar-refractivity contribution is 5.95. The van der Waals surface area contributed by atoms with Gasteiger partial charge in [-0.15, -0.1) is 0 Å². The minimum absolute atomic E-state index is 0.0296. The van der Waals surface area contributed by atoms with Crippen LogP contribution in [0.1, 0.15) is 48.0 Å². The number of benzene rings is 1. The number of carbonyl (C=O) groups is 2. The second-order valence-corrected chi connectivity index (χ2v) is 5.37. The molecule has 0 aromatic heterocycles. The molecule has 2 rings (SSSR count). The predicted octanol–water partition coefficient (Wildman–Crippen LogP) is 2.17. The molecule has 4 nitrogen and oxygen atoms in total. The lowest BCUT2D eigenvalue weighted by molar-refractivity contribution is -0.121. The summed E-state index contributed by atoms with van der Waals surface area (Å²) < 4.78 is 0. The highest BCUT2D eigenvalue weighted by atomic mass is 16.2. The van der Waals surface area contributed by atoms with Crippen molar-refractivity contribution in [2.75, 3.05) is 6.54 Å². The zero-order chi connectivity index (χ0) is 14.4. The molecule has 1 aromatic rings. The van der Waals surface area contributed by atoms with Crippen LogP contribution < -0.4 is 10.6 Å². The molecule has 1 aliphatic rings. The van der Waals surface area contributed by atoms with Crippen LogP contribution in [0.25, 0.3) is 0 Å². The zero-order valence-corrected chi connectivity index (χ0v) is 11.9. The number of hydrogen-bond acceptors (Lipinski definition) is 2. The third-order valence-electron chi connectivity index (χ3n) is 3.75. The standard InChI is InChI=1S/C16H22N2O2/c1-12-6-2-5-9-14(12)16(20)17-11-10-15(19)18-13-7-3-4-8-13/h2,5-6,9,13H,3-4,7-8,10-11H2,1H3,(H,17,20)(H,18,19). The Labute approximate surface area is 119 Å². The molecule has 0 radical (unpaired) electrons. The summed E-state index contributed by atoms with van der Waals surface area (Å²) in [7, 11) is 0. The highest BCUT2D eigenvalue weighted by Crippen LogP contribution is 2.17. The van der Waals surface area contributed by atoms with Crippen molar-refractivity contribution >= 4 is 11.8 Å². The Kier molecular flexibility index (Phi) is 5.16. The van der Waals surface area contributed by atoms with Crippen LogP contribution in [-0.2, 0) is 4.79 Å². The third-order valence-corrected chi connectivity index (χ3v) is 3.75. The van der Waals surface area contributed by atoms with E-state index in [4.69, 9.17) is 0 Å². The van der Waals surface area contributed by atoms with Gasteiger partial charge < -0.3 is 10.6 Å². The maximum atomic E-state index is 11.9. The van der Waals surface area contributed by atoms with Crippen molar-refractivity contribution in [2.45, 2.75) is 45.1 Å². The van der Waals surface area contributed by atoms with Gasteiger partial charge in [-0.3, -0.25) is 9.59 Å². The van der Waals surface area contributed by atoms with Crippen LogP contribution in [-0.4, -0.2) is 24.4 Å². The van der Waals surface area contributed by atoms with Gasteiger partial charge in [0.25, 0.3) is 5.91 Å². The van der Waals surface area contributed by atoms with Gasteiger partial charge in [0.15, 0.2) is 0 Å². The Hall–Kier alpha value is -1.84. The monoisotopic (exact) mass is 274 g/mol. The first-order valence-corrected chi connectivity index (χ1v) is 7.30. The number of hydrogen-bond donors (Lipinski definition) is 2. The number of rotatable bonds is 5. The van der Waals surface area contributed by atoms with E-state index in [0.29, 0.717) is 24.6 Å². The Balaban J connectivity index is 1.71. The van der Waals surface area contributed by atoms with Crippen molar-refractivity contribution in [2.24, 2.45) is 0 Å². The van der Waals surface area contributed by atoms with Gasteiger partial charge in [0.2, 0.25) is 5.91 Å². The molecule has 0 spiro atoms. The number of nitrogens with one attached hydrogen (secondary N) is 2. The number of aryl methyl sites for hydroxylation is 1. The molecule has 1 aliphatic carbocycles. The van der Waals surface area contributed by atoms with E-state index in [1.807, 2.05) is 25.1 Å². The van der Waals surface area contributed by atoms with Crippen LogP contribution in [0.5, 0.6) is 0 Å². The Bertz CT molecular complexity index is 479. The second-order valence-electron chi connectivity index (χ2n) is 5.37. The largest absolute Gasteiger partial charge is 0.353 e. The van der Waals surface area contributed by atoms with E-state index in [2.05, 4.69) is 10.6 Å². The van der Waals surface area contributed by atoms with Crippen molar-refractivity contribution in [3.63, 3.8) is 0 Å². The van der Waals surface area contributed by atoms with Crippen LogP contribution in [0, 0.1) is 6.92 Å². The van der Waals surface area contributed by atoms with Crippen LogP contribution in [0.15, 0.2) is 24.3 Å². The second kappa shape index (κ2) is 7.08. The van der Waals surface area contributed by atoms with Crippen molar-refractivity contribution in [1.29, 1.82) is 0 Å². The fourth-order valence-corrected chi connectivity index (χ4v) is 2.58. The van der Waals surface area contributed by atoms with Crippen LogP contribution in [0.4, 0.5) is 0 Å². The summed E-state index contributed by atoms with van der Waals surface area (Å²) in [6.07, 6.45) is 4.92. The van der Waals surface area contributed by atoms with Gasteiger partial charge in [-0.05, 0) is 31.4 Å². The molecule has 0 saturated heterocycles. The van der Waals surface area contributed by atoms with E-state index in [1.54, 1.807) is 6.07 Å². The maximum absolute atomic E-state index is 11.9. The normalized spacial score (nSPS) is 15.1. The molecule has 0 aliphatic heterocycles. The van der Waals surface area contributed by atoms with Crippen LogP contribution >= 0.6 is 0 Å². The molecule has 1 aromatic carbocycles. The fraction of sp³-hybridized carbons (Fsp3) is 0.500. The fourth-order valence-electron chi connectivity index (χ4n) is 2.58. The lowest BCUT2D eigenvalue weighted by Crippen LogP contribution is -2.35. The summed E-state index contributed by atoms with van der Waals surface area (Å²) in [5, 5.41) is 5.81. The summed E-state index contributed by atoms with van der Waals surface area (Å²) in [6.45, 7) is 2.29. The molecule has 0 atom stereocenters. The Morgan fingerprint density at radius 2 is 1.90 bits per heavy atom. The topological polar surface area (TPSA) is 58.2 Å². The van der Waals surface area contributed by atoms with Crippen molar-refractivity contribution in [3.8, 4) is 0 Å². The molecule has 4 heteroatoms. The van der Waals surface area contributed by atoms with E-state index >= 15 is 0 Å². The molecule has 0 heterocycles. The minimum atomic E-state index is -0.114. The number of carbonyl (C=O) groups excluding carboxylic acids is 2. The molecule has 2 amide bonds. The maximum Gasteiger partial charge on any atom is 0.251 e. The molecular formula is C16H22N2O2. The summed E-state index contributed by atoms with van der Waals surface area (Å²) in [5.41, 5.74) is 1.61. The third kappa shape index (κ3) is 4.08.